The van der Waals surface area contributed by atoms with Crippen LogP contribution in [0.1, 0.15) is 31.4 Å². The van der Waals surface area contributed by atoms with Crippen molar-refractivity contribution in [1.82, 2.24) is 5.32 Å². The van der Waals surface area contributed by atoms with Crippen molar-refractivity contribution in [2.45, 2.75) is 25.8 Å². The van der Waals surface area contributed by atoms with Gasteiger partial charge in [-0.3, -0.25) is 0 Å². The number of nitrogens with one attached hydrogen (secondary N) is 1. The second kappa shape index (κ2) is 5.37. The van der Waals surface area contributed by atoms with Gasteiger partial charge in [-0.05, 0) is 41.9 Å². The van der Waals surface area contributed by atoms with Crippen molar-refractivity contribution in [3.63, 3.8) is 0 Å². The lowest BCUT2D eigenvalue weighted by molar-refractivity contribution is 0.516. The highest BCUT2D eigenvalue weighted by Crippen LogP contribution is 2.28. The summed E-state index contributed by atoms with van der Waals surface area (Å²) in [5.41, 5.74) is 2.40. The van der Waals surface area contributed by atoms with Crippen molar-refractivity contribution >= 4 is 15.9 Å². The molecule has 0 aliphatic carbocycles. The Kier molecular flexibility index (Phi) is 4.42. The fourth-order valence-electron chi connectivity index (χ4n) is 1.35. The quantitative estimate of drug-likeness (QED) is 0.815. The Balaban J connectivity index is 2.72. The van der Waals surface area contributed by atoms with Gasteiger partial charge < -0.3 is 9.73 Å². The van der Waals surface area contributed by atoms with Crippen LogP contribution in [0.2, 0.25) is 0 Å². The first-order valence-electron chi connectivity index (χ1n) is 4.75. The van der Waals surface area contributed by atoms with Gasteiger partial charge in [0.1, 0.15) is 0 Å². The SMILES string of the molecule is C=C(CC)CC(NC)c1ccoc1Br. The second-order valence-corrected chi connectivity index (χ2v) is 4.02. The summed E-state index contributed by atoms with van der Waals surface area (Å²) in [6, 6.07) is 2.27. The van der Waals surface area contributed by atoms with E-state index in [2.05, 4.69) is 34.7 Å². The molecule has 78 valence electrons. The molecule has 0 aliphatic heterocycles. The molecule has 0 aromatic carbocycles. The van der Waals surface area contributed by atoms with Crippen LogP contribution in [0.15, 0.2) is 33.6 Å². The minimum atomic E-state index is 0.288. The van der Waals surface area contributed by atoms with Crippen LogP contribution in [0.4, 0.5) is 0 Å². The highest BCUT2D eigenvalue weighted by molar-refractivity contribution is 9.10. The summed E-state index contributed by atoms with van der Waals surface area (Å²) in [6.45, 7) is 6.14. The van der Waals surface area contributed by atoms with Crippen molar-refractivity contribution < 1.29 is 4.42 Å². The predicted molar refractivity (Wildman–Crippen MR) is 62.3 cm³/mol. The zero-order chi connectivity index (χ0) is 10.6. The molecule has 0 saturated carbocycles. The van der Waals surface area contributed by atoms with E-state index in [1.54, 1.807) is 6.26 Å². The third-order valence-corrected chi connectivity index (χ3v) is 3.01. The minimum Gasteiger partial charge on any atom is -0.457 e. The third kappa shape index (κ3) is 2.72. The standard InChI is InChI=1S/C11H16BrNO/c1-4-8(2)7-10(13-3)9-5-6-14-11(9)12/h5-6,10,13H,2,4,7H2,1,3H3. The monoisotopic (exact) mass is 257 g/mol. The van der Waals surface area contributed by atoms with Crippen LogP contribution >= 0.6 is 15.9 Å². The lowest BCUT2D eigenvalue weighted by Gasteiger charge is -2.15. The molecule has 1 heterocycles. The Bertz CT molecular complexity index is 306. The molecule has 1 unspecified atom stereocenters. The predicted octanol–water partition coefficient (Wildman–Crippen LogP) is 3.66. The Hall–Kier alpha value is -0.540. The van der Waals surface area contributed by atoms with Crippen molar-refractivity contribution in [3.05, 3.63) is 34.7 Å². The maximum Gasteiger partial charge on any atom is 0.173 e. The molecule has 1 aromatic heterocycles. The molecule has 0 radical (unpaired) electrons. The normalized spacial score (nSPS) is 12.8. The van der Waals surface area contributed by atoms with Crippen LogP contribution in [0.25, 0.3) is 0 Å². The van der Waals surface area contributed by atoms with E-state index >= 15 is 0 Å². The molecule has 0 amide bonds. The molecule has 0 bridgehead atoms. The van der Waals surface area contributed by atoms with Gasteiger partial charge in [0.2, 0.25) is 0 Å². The highest BCUT2D eigenvalue weighted by atomic mass is 79.9. The first kappa shape index (κ1) is 11.5. The summed E-state index contributed by atoms with van der Waals surface area (Å²) in [4.78, 5) is 0. The van der Waals surface area contributed by atoms with Crippen LogP contribution in [0.5, 0.6) is 0 Å². The topological polar surface area (TPSA) is 25.2 Å². The van der Waals surface area contributed by atoms with Crippen molar-refractivity contribution in [2.75, 3.05) is 7.05 Å². The van der Waals surface area contributed by atoms with Crippen molar-refractivity contribution in [3.8, 4) is 0 Å². The van der Waals surface area contributed by atoms with Crippen LogP contribution in [0, 0.1) is 0 Å². The molecule has 0 fully saturated rings. The van der Waals surface area contributed by atoms with Gasteiger partial charge in [-0.25, -0.2) is 0 Å². The van der Waals surface area contributed by atoms with E-state index < -0.39 is 0 Å². The first-order valence-corrected chi connectivity index (χ1v) is 5.55. The summed E-state index contributed by atoms with van der Waals surface area (Å²) in [5.74, 6) is 0. The van der Waals surface area contributed by atoms with Gasteiger partial charge in [0.25, 0.3) is 0 Å². The molecule has 0 aliphatic rings. The molecule has 3 heteroatoms. The largest absolute Gasteiger partial charge is 0.457 e. The van der Waals surface area contributed by atoms with Crippen LogP contribution in [0.3, 0.4) is 0 Å². The Labute approximate surface area is 93.5 Å². The maximum atomic E-state index is 5.21. The average molecular weight is 258 g/mol. The molecule has 0 spiro atoms. The number of hydrogen-bond acceptors (Lipinski definition) is 2. The molecule has 1 N–H and O–H groups in total. The van der Waals surface area contributed by atoms with E-state index in [0.29, 0.717) is 0 Å². The average Bonchev–Trinajstić information content (AvgIpc) is 2.60. The van der Waals surface area contributed by atoms with E-state index in [4.69, 9.17) is 4.42 Å². The fraction of sp³-hybridized carbons (Fsp3) is 0.455. The van der Waals surface area contributed by atoms with E-state index in [1.165, 1.54) is 5.57 Å². The minimum absolute atomic E-state index is 0.288. The molecule has 1 aromatic rings. The van der Waals surface area contributed by atoms with Crippen LogP contribution < -0.4 is 5.32 Å². The lowest BCUT2D eigenvalue weighted by atomic mass is 10.0. The van der Waals surface area contributed by atoms with Crippen molar-refractivity contribution in [2.24, 2.45) is 0 Å². The number of furan rings is 1. The number of hydrogen-bond donors (Lipinski definition) is 1. The van der Waals surface area contributed by atoms with Gasteiger partial charge in [-0.2, -0.15) is 0 Å². The van der Waals surface area contributed by atoms with E-state index in [1.807, 2.05) is 13.1 Å². The summed E-state index contributed by atoms with van der Waals surface area (Å²) >= 11 is 3.38. The molecular weight excluding hydrogens is 242 g/mol. The first-order chi connectivity index (χ1) is 6.69. The molecule has 0 saturated heterocycles. The van der Waals surface area contributed by atoms with Crippen molar-refractivity contribution in [1.29, 1.82) is 0 Å². The zero-order valence-corrected chi connectivity index (χ0v) is 10.2. The van der Waals surface area contributed by atoms with Gasteiger partial charge in [-0.15, -0.1) is 0 Å². The second-order valence-electron chi connectivity index (χ2n) is 3.30. The number of halogens is 1. The van der Waals surface area contributed by atoms with Gasteiger partial charge in [0, 0.05) is 11.6 Å². The van der Waals surface area contributed by atoms with Gasteiger partial charge in [0.05, 0.1) is 6.26 Å². The Morgan fingerprint density at radius 2 is 2.43 bits per heavy atom. The zero-order valence-electron chi connectivity index (χ0n) is 8.64. The van der Waals surface area contributed by atoms with Gasteiger partial charge in [-0.1, -0.05) is 19.1 Å². The van der Waals surface area contributed by atoms with Gasteiger partial charge in [0.15, 0.2) is 4.67 Å². The maximum absolute atomic E-state index is 5.21. The van der Waals surface area contributed by atoms with E-state index in [0.717, 1.165) is 23.1 Å². The molecule has 1 atom stereocenters. The molecular formula is C11H16BrNO. The van der Waals surface area contributed by atoms with E-state index in [-0.39, 0.29) is 6.04 Å². The third-order valence-electron chi connectivity index (χ3n) is 2.36. The molecule has 14 heavy (non-hydrogen) atoms. The summed E-state index contributed by atoms with van der Waals surface area (Å²) in [5, 5.41) is 3.26. The highest BCUT2D eigenvalue weighted by Gasteiger charge is 2.15. The fourth-order valence-corrected chi connectivity index (χ4v) is 1.87. The van der Waals surface area contributed by atoms with Crippen LogP contribution in [-0.2, 0) is 0 Å². The van der Waals surface area contributed by atoms with E-state index in [9.17, 15) is 0 Å². The lowest BCUT2D eigenvalue weighted by Crippen LogP contribution is -2.16. The van der Waals surface area contributed by atoms with Gasteiger partial charge >= 0.3 is 0 Å². The number of rotatable bonds is 5. The molecule has 1 rings (SSSR count). The molecule has 2 nitrogen and oxygen atoms in total. The summed E-state index contributed by atoms with van der Waals surface area (Å²) in [6.07, 6.45) is 3.66. The smallest absolute Gasteiger partial charge is 0.173 e. The summed E-state index contributed by atoms with van der Waals surface area (Å²) in [7, 11) is 1.95. The Morgan fingerprint density at radius 1 is 1.71 bits per heavy atom. The Morgan fingerprint density at radius 3 is 2.86 bits per heavy atom. The summed E-state index contributed by atoms with van der Waals surface area (Å²) < 4.78 is 6.02. The van der Waals surface area contributed by atoms with Crippen LogP contribution in [-0.4, -0.2) is 7.05 Å².